The topological polar surface area (TPSA) is 66.8 Å². The molecule has 0 aliphatic heterocycles. The molecular weight excluding hydrogens is 266 g/mol. The molecule has 0 amide bonds. The average Bonchev–Trinajstić information content (AvgIpc) is 2.39. The quantitative estimate of drug-likeness (QED) is 0.770. The molecule has 0 aromatic heterocycles. The molecule has 0 aliphatic rings. The normalized spacial score (nSPS) is 13.7. The summed E-state index contributed by atoms with van der Waals surface area (Å²) in [5.74, 6) is 0. The van der Waals surface area contributed by atoms with Crippen LogP contribution in [-0.4, -0.2) is 45.1 Å². The summed E-state index contributed by atoms with van der Waals surface area (Å²) in [6.07, 6.45) is -0.0450. The number of nitrogens with zero attached hydrogens (tertiary/aromatic N) is 1. The van der Waals surface area contributed by atoms with Crippen LogP contribution >= 0.6 is 0 Å². The van der Waals surface area contributed by atoms with E-state index in [-0.39, 0.29) is 4.90 Å². The molecule has 5 nitrogen and oxygen atoms in total. The zero-order chi connectivity index (χ0) is 14.5. The van der Waals surface area contributed by atoms with E-state index in [1.54, 1.807) is 33.2 Å². The van der Waals surface area contributed by atoms with E-state index >= 15 is 0 Å². The molecule has 1 aromatic rings. The van der Waals surface area contributed by atoms with Crippen molar-refractivity contribution in [3.8, 4) is 0 Å². The van der Waals surface area contributed by atoms with Gasteiger partial charge in [0.1, 0.15) is 0 Å². The Morgan fingerprint density at radius 1 is 1.42 bits per heavy atom. The lowest BCUT2D eigenvalue weighted by molar-refractivity contribution is 0.189. The van der Waals surface area contributed by atoms with Crippen molar-refractivity contribution in [1.29, 1.82) is 0 Å². The minimum atomic E-state index is -3.51. The monoisotopic (exact) mass is 287 g/mol. The summed E-state index contributed by atoms with van der Waals surface area (Å²) >= 11 is 0. The number of ether oxygens (including phenoxy) is 1. The van der Waals surface area contributed by atoms with Crippen LogP contribution in [0.5, 0.6) is 0 Å². The van der Waals surface area contributed by atoms with Crippen molar-refractivity contribution >= 4 is 10.0 Å². The number of hydrogen-bond acceptors (Lipinski definition) is 4. The first kappa shape index (κ1) is 16.1. The Morgan fingerprint density at radius 3 is 2.68 bits per heavy atom. The fourth-order valence-electron chi connectivity index (χ4n) is 1.67. The molecule has 1 unspecified atom stereocenters. The van der Waals surface area contributed by atoms with Crippen LogP contribution < -0.4 is 0 Å². The number of rotatable bonds is 7. The maximum atomic E-state index is 12.3. The molecule has 6 heteroatoms. The second-order valence-electron chi connectivity index (χ2n) is 4.42. The van der Waals surface area contributed by atoms with E-state index in [1.165, 1.54) is 16.4 Å². The highest BCUT2D eigenvalue weighted by molar-refractivity contribution is 7.89. The van der Waals surface area contributed by atoms with Gasteiger partial charge in [0.25, 0.3) is 0 Å². The molecule has 1 atom stereocenters. The van der Waals surface area contributed by atoms with Gasteiger partial charge in [-0.2, -0.15) is 0 Å². The van der Waals surface area contributed by atoms with Gasteiger partial charge in [0.2, 0.25) is 10.0 Å². The maximum Gasteiger partial charge on any atom is 0.242 e. The summed E-state index contributed by atoms with van der Waals surface area (Å²) in [6.45, 7) is 2.52. The van der Waals surface area contributed by atoms with E-state index in [4.69, 9.17) is 4.74 Å². The third-order valence-corrected chi connectivity index (χ3v) is 4.72. The molecule has 0 spiro atoms. The molecule has 1 aromatic carbocycles. The number of aliphatic hydroxyl groups is 1. The third kappa shape index (κ3) is 4.28. The van der Waals surface area contributed by atoms with Gasteiger partial charge < -0.3 is 9.84 Å². The van der Waals surface area contributed by atoms with Crippen molar-refractivity contribution in [2.45, 2.75) is 24.3 Å². The summed E-state index contributed by atoms with van der Waals surface area (Å²) in [4.78, 5) is 0.200. The lowest BCUT2D eigenvalue weighted by atomic mass is 10.1. The number of benzene rings is 1. The Labute approximate surface area is 114 Å². The zero-order valence-corrected chi connectivity index (χ0v) is 12.4. The van der Waals surface area contributed by atoms with Crippen molar-refractivity contribution in [2.24, 2.45) is 0 Å². The summed E-state index contributed by atoms with van der Waals surface area (Å²) in [5.41, 5.74) is 0.589. The molecule has 0 saturated carbocycles. The largest absolute Gasteiger partial charge is 0.389 e. The second-order valence-corrected chi connectivity index (χ2v) is 6.47. The number of hydrogen-bond donors (Lipinski definition) is 1. The van der Waals surface area contributed by atoms with E-state index < -0.39 is 16.1 Å². The minimum absolute atomic E-state index is 0.200. The van der Waals surface area contributed by atoms with Gasteiger partial charge >= 0.3 is 0 Å². The van der Waals surface area contributed by atoms with Crippen LogP contribution in [-0.2, 0) is 14.8 Å². The van der Waals surface area contributed by atoms with Gasteiger partial charge in [-0.3, -0.25) is 0 Å². The molecule has 0 heterocycles. The molecule has 19 heavy (non-hydrogen) atoms. The number of methoxy groups -OCH3 is 1. The Balaban J connectivity index is 2.90. The summed E-state index contributed by atoms with van der Waals surface area (Å²) < 4.78 is 30.8. The van der Waals surface area contributed by atoms with Crippen molar-refractivity contribution < 1.29 is 18.3 Å². The van der Waals surface area contributed by atoms with Crippen molar-refractivity contribution in [3.63, 3.8) is 0 Å². The fourth-order valence-corrected chi connectivity index (χ4v) is 2.93. The van der Waals surface area contributed by atoms with Crippen molar-refractivity contribution in [3.05, 3.63) is 29.8 Å². The maximum absolute atomic E-state index is 12.3. The van der Waals surface area contributed by atoms with Crippen molar-refractivity contribution in [2.75, 3.05) is 27.3 Å². The van der Waals surface area contributed by atoms with E-state index in [1.807, 2.05) is 0 Å². The Hall–Kier alpha value is -0.950. The molecule has 1 rings (SSSR count). The summed E-state index contributed by atoms with van der Waals surface area (Å²) in [5, 5.41) is 9.50. The molecule has 0 aliphatic carbocycles. The van der Waals surface area contributed by atoms with Gasteiger partial charge in [-0.1, -0.05) is 12.1 Å². The van der Waals surface area contributed by atoms with E-state index in [0.29, 0.717) is 25.1 Å². The fraction of sp³-hybridized carbons (Fsp3) is 0.538. The smallest absolute Gasteiger partial charge is 0.242 e. The lowest BCUT2D eigenvalue weighted by Gasteiger charge is -2.17. The van der Waals surface area contributed by atoms with Crippen LogP contribution in [0.25, 0.3) is 0 Å². The lowest BCUT2D eigenvalue weighted by Crippen LogP contribution is -2.28. The van der Waals surface area contributed by atoms with E-state index in [0.717, 1.165) is 0 Å². The molecule has 1 N–H and O–H groups in total. The van der Waals surface area contributed by atoms with Crippen LogP contribution in [0.15, 0.2) is 29.2 Å². The standard InChI is InChI=1S/C13H21NO4S/c1-11(15)12-6-4-7-13(10-12)19(16,17)14(2)8-5-9-18-3/h4,6-7,10-11,15H,5,8-9H2,1-3H3. The van der Waals surface area contributed by atoms with Gasteiger partial charge in [-0.05, 0) is 31.0 Å². The SMILES string of the molecule is COCCCN(C)S(=O)(=O)c1cccc(C(C)O)c1. The van der Waals surface area contributed by atoms with Gasteiger partial charge in [0.05, 0.1) is 11.0 Å². The van der Waals surface area contributed by atoms with Crippen LogP contribution in [0.1, 0.15) is 25.0 Å². The second kappa shape index (κ2) is 7.00. The average molecular weight is 287 g/mol. The Kier molecular flexibility index (Phi) is 5.93. The first-order valence-corrected chi connectivity index (χ1v) is 7.57. The molecule has 0 saturated heterocycles. The van der Waals surface area contributed by atoms with Crippen molar-refractivity contribution in [1.82, 2.24) is 4.31 Å². The molecule has 0 fully saturated rings. The van der Waals surface area contributed by atoms with E-state index in [2.05, 4.69) is 0 Å². The predicted octanol–water partition coefficient (Wildman–Crippen LogP) is 1.40. The molecular formula is C13H21NO4S. The van der Waals surface area contributed by atoms with Crippen LogP contribution in [0, 0.1) is 0 Å². The minimum Gasteiger partial charge on any atom is -0.389 e. The third-order valence-electron chi connectivity index (χ3n) is 2.87. The summed E-state index contributed by atoms with van der Waals surface area (Å²) in [7, 11) is -0.383. The van der Waals surface area contributed by atoms with Crippen LogP contribution in [0.2, 0.25) is 0 Å². The van der Waals surface area contributed by atoms with Gasteiger partial charge in [0, 0.05) is 27.3 Å². The molecule has 0 radical (unpaired) electrons. The van der Waals surface area contributed by atoms with Crippen LogP contribution in [0.3, 0.4) is 0 Å². The Morgan fingerprint density at radius 2 is 2.11 bits per heavy atom. The number of sulfonamides is 1. The van der Waals surface area contributed by atoms with Gasteiger partial charge in [0.15, 0.2) is 0 Å². The van der Waals surface area contributed by atoms with E-state index in [9.17, 15) is 13.5 Å². The number of aliphatic hydroxyl groups excluding tert-OH is 1. The highest BCUT2D eigenvalue weighted by atomic mass is 32.2. The van der Waals surface area contributed by atoms with Gasteiger partial charge in [-0.15, -0.1) is 0 Å². The zero-order valence-electron chi connectivity index (χ0n) is 11.5. The highest BCUT2D eigenvalue weighted by Gasteiger charge is 2.20. The first-order valence-electron chi connectivity index (χ1n) is 6.13. The summed E-state index contributed by atoms with van der Waals surface area (Å²) in [6, 6.07) is 6.38. The molecule has 0 bridgehead atoms. The van der Waals surface area contributed by atoms with Crippen LogP contribution in [0.4, 0.5) is 0 Å². The first-order chi connectivity index (χ1) is 8.89. The predicted molar refractivity (Wildman–Crippen MR) is 73.4 cm³/mol. The molecule has 108 valence electrons. The Bertz CT molecular complexity index is 499. The van der Waals surface area contributed by atoms with Gasteiger partial charge in [-0.25, -0.2) is 12.7 Å². The highest BCUT2D eigenvalue weighted by Crippen LogP contribution is 2.19.